The summed E-state index contributed by atoms with van der Waals surface area (Å²) in [4.78, 5) is 18.3. The Kier molecular flexibility index (Phi) is 3.50. The van der Waals surface area contributed by atoms with Gasteiger partial charge in [0.25, 0.3) is 0 Å². The molecule has 0 radical (unpaired) electrons. The minimum Gasteiger partial charge on any atom is -0.390 e. The SMILES string of the molecule is CO[Si](O)(O)Cc1cc(F)c(F)c(F)c1. The molecule has 0 saturated heterocycles. The van der Waals surface area contributed by atoms with E-state index in [-0.39, 0.29) is 5.56 Å². The van der Waals surface area contributed by atoms with Crippen molar-refractivity contribution in [2.45, 2.75) is 6.04 Å². The van der Waals surface area contributed by atoms with Crippen molar-refractivity contribution in [3.05, 3.63) is 35.1 Å². The van der Waals surface area contributed by atoms with Crippen LogP contribution in [0, 0.1) is 17.5 Å². The second-order valence-corrected chi connectivity index (χ2v) is 5.25. The monoisotopic (exact) mass is 238 g/mol. The molecule has 84 valence electrons. The summed E-state index contributed by atoms with van der Waals surface area (Å²) in [7, 11) is -2.87. The van der Waals surface area contributed by atoms with E-state index < -0.39 is 32.3 Å². The van der Waals surface area contributed by atoms with E-state index in [1.807, 2.05) is 0 Å². The van der Waals surface area contributed by atoms with Crippen LogP contribution in [0.5, 0.6) is 0 Å². The molecule has 0 heterocycles. The largest absolute Gasteiger partial charge is 0.499 e. The summed E-state index contributed by atoms with van der Waals surface area (Å²) in [5.41, 5.74) is -0.0649. The van der Waals surface area contributed by atoms with Gasteiger partial charge in [-0.05, 0) is 17.7 Å². The van der Waals surface area contributed by atoms with Crippen molar-refractivity contribution in [2.75, 3.05) is 7.11 Å². The fourth-order valence-corrected chi connectivity index (χ4v) is 1.93. The molecule has 0 aromatic heterocycles. The van der Waals surface area contributed by atoms with E-state index in [0.717, 1.165) is 7.11 Å². The van der Waals surface area contributed by atoms with E-state index in [1.165, 1.54) is 0 Å². The number of benzene rings is 1. The zero-order chi connectivity index (χ0) is 11.6. The fourth-order valence-electron chi connectivity index (χ4n) is 1.05. The van der Waals surface area contributed by atoms with Crippen molar-refractivity contribution in [1.82, 2.24) is 0 Å². The number of halogens is 3. The molecule has 0 aliphatic heterocycles. The Morgan fingerprint density at radius 3 is 2.07 bits per heavy atom. The van der Waals surface area contributed by atoms with E-state index in [9.17, 15) is 13.2 Å². The van der Waals surface area contributed by atoms with Crippen LogP contribution in [0.3, 0.4) is 0 Å². The third kappa shape index (κ3) is 3.03. The van der Waals surface area contributed by atoms with Gasteiger partial charge in [-0.25, -0.2) is 13.2 Å². The van der Waals surface area contributed by atoms with Gasteiger partial charge >= 0.3 is 8.80 Å². The Morgan fingerprint density at radius 2 is 1.67 bits per heavy atom. The van der Waals surface area contributed by atoms with Gasteiger partial charge < -0.3 is 14.0 Å². The maximum atomic E-state index is 12.7. The summed E-state index contributed by atoms with van der Waals surface area (Å²) < 4.78 is 42.3. The Hall–Kier alpha value is -0.893. The topological polar surface area (TPSA) is 49.7 Å². The molecular weight excluding hydrogens is 229 g/mol. The van der Waals surface area contributed by atoms with Gasteiger partial charge in [0.2, 0.25) is 0 Å². The molecule has 0 saturated carbocycles. The first-order chi connectivity index (χ1) is 6.85. The van der Waals surface area contributed by atoms with E-state index >= 15 is 0 Å². The lowest BCUT2D eigenvalue weighted by Gasteiger charge is -2.14. The lowest BCUT2D eigenvalue weighted by atomic mass is 10.2. The maximum Gasteiger partial charge on any atom is 0.499 e. The first-order valence-corrected chi connectivity index (χ1v) is 6.00. The maximum absolute atomic E-state index is 12.7. The molecule has 1 rings (SSSR count). The van der Waals surface area contributed by atoms with E-state index in [0.29, 0.717) is 12.1 Å². The summed E-state index contributed by atoms with van der Waals surface area (Å²) in [6.45, 7) is 0. The second-order valence-electron chi connectivity index (χ2n) is 3.00. The van der Waals surface area contributed by atoms with Crippen LogP contribution in [0.2, 0.25) is 0 Å². The van der Waals surface area contributed by atoms with Crippen molar-refractivity contribution >= 4 is 8.80 Å². The van der Waals surface area contributed by atoms with Gasteiger partial charge in [-0.3, -0.25) is 0 Å². The quantitative estimate of drug-likeness (QED) is 0.603. The molecule has 7 heteroatoms. The molecule has 0 atom stereocenters. The smallest absolute Gasteiger partial charge is 0.390 e. The number of hydrogen-bond acceptors (Lipinski definition) is 3. The highest BCUT2D eigenvalue weighted by Crippen LogP contribution is 2.16. The van der Waals surface area contributed by atoms with Crippen LogP contribution in [0.25, 0.3) is 0 Å². The van der Waals surface area contributed by atoms with Crippen molar-refractivity contribution in [2.24, 2.45) is 0 Å². The lowest BCUT2D eigenvalue weighted by Crippen LogP contribution is -2.40. The van der Waals surface area contributed by atoms with Gasteiger partial charge in [0, 0.05) is 13.2 Å². The molecule has 0 bridgehead atoms. The molecule has 15 heavy (non-hydrogen) atoms. The van der Waals surface area contributed by atoms with Gasteiger partial charge in [-0.15, -0.1) is 0 Å². The van der Waals surface area contributed by atoms with Crippen LogP contribution < -0.4 is 0 Å². The van der Waals surface area contributed by atoms with Crippen LogP contribution in [-0.2, 0) is 10.5 Å². The third-order valence-corrected chi connectivity index (χ3v) is 3.33. The van der Waals surface area contributed by atoms with Gasteiger partial charge in [0.15, 0.2) is 17.5 Å². The summed E-state index contributed by atoms with van der Waals surface area (Å²) in [5.74, 6) is -4.32. The second kappa shape index (κ2) is 4.31. The van der Waals surface area contributed by atoms with E-state index in [1.54, 1.807) is 0 Å². The van der Waals surface area contributed by atoms with Gasteiger partial charge in [-0.1, -0.05) is 0 Å². The normalized spacial score (nSPS) is 11.9. The predicted molar refractivity (Wildman–Crippen MR) is 47.2 cm³/mol. The van der Waals surface area contributed by atoms with Crippen molar-refractivity contribution in [3.8, 4) is 0 Å². The highest BCUT2D eigenvalue weighted by atomic mass is 28.4. The lowest BCUT2D eigenvalue weighted by molar-refractivity contribution is 0.184. The van der Waals surface area contributed by atoms with Crippen molar-refractivity contribution < 1.29 is 27.2 Å². The Balaban J connectivity index is 2.98. The van der Waals surface area contributed by atoms with E-state index in [4.69, 9.17) is 9.59 Å². The average Bonchev–Trinajstić information content (AvgIpc) is 2.13. The summed E-state index contributed by atoms with van der Waals surface area (Å²) in [6.07, 6.45) is 0. The summed E-state index contributed by atoms with van der Waals surface area (Å²) in [5, 5.41) is 0. The third-order valence-electron chi connectivity index (χ3n) is 1.80. The minimum atomic E-state index is -3.94. The van der Waals surface area contributed by atoms with Crippen molar-refractivity contribution in [1.29, 1.82) is 0 Å². The molecule has 0 spiro atoms. The summed E-state index contributed by atoms with van der Waals surface area (Å²) >= 11 is 0. The zero-order valence-electron chi connectivity index (χ0n) is 7.80. The Morgan fingerprint density at radius 1 is 1.20 bits per heavy atom. The molecule has 1 aromatic carbocycles. The van der Waals surface area contributed by atoms with Crippen LogP contribution in [-0.4, -0.2) is 25.5 Å². The first kappa shape index (κ1) is 12.2. The first-order valence-electron chi connectivity index (χ1n) is 3.99. The molecule has 0 aliphatic carbocycles. The van der Waals surface area contributed by atoms with Gasteiger partial charge in [0.05, 0.1) is 0 Å². The molecule has 0 amide bonds. The number of rotatable bonds is 3. The van der Waals surface area contributed by atoms with Crippen LogP contribution in [0.1, 0.15) is 5.56 Å². The van der Waals surface area contributed by atoms with Crippen LogP contribution in [0.15, 0.2) is 12.1 Å². The van der Waals surface area contributed by atoms with Gasteiger partial charge in [0.1, 0.15) is 0 Å². The molecule has 3 nitrogen and oxygen atoms in total. The Bertz CT molecular complexity index is 347. The molecule has 2 N–H and O–H groups in total. The van der Waals surface area contributed by atoms with Crippen molar-refractivity contribution in [3.63, 3.8) is 0 Å². The molecule has 0 aliphatic rings. The van der Waals surface area contributed by atoms with Crippen LogP contribution in [0.4, 0.5) is 13.2 Å². The Labute approximate surface area is 85.1 Å². The van der Waals surface area contributed by atoms with Gasteiger partial charge in [-0.2, -0.15) is 0 Å². The average molecular weight is 238 g/mol. The van der Waals surface area contributed by atoms with Crippen LogP contribution >= 0.6 is 0 Å². The molecule has 1 aromatic rings. The molecule has 0 unspecified atom stereocenters. The van der Waals surface area contributed by atoms with E-state index in [2.05, 4.69) is 4.43 Å². The minimum absolute atomic E-state index is 0.0649. The highest BCUT2D eigenvalue weighted by Gasteiger charge is 2.31. The standard InChI is InChI=1S/C8H9F3O3Si/c1-14-15(12,13)4-5-2-6(9)8(11)7(10)3-5/h2-3,12-13H,4H2,1H3. The molecule has 0 fully saturated rings. The highest BCUT2D eigenvalue weighted by molar-refractivity contribution is 6.57. The summed E-state index contributed by atoms with van der Waals surface area (Å²) in [6, 6.07) is 0.967. The predicted octanol–water partition coefficient (Wildman–Crippen LogP) is 0.756. The zero-order valence-corrected chi connectivity index (χ0v) is 8.80. The fraction of sp³-hybridized carbons (Fsp3) is 0.250. The number of hydrogen-bond donors (Lipinski definition) is 2. The molecular formula is C8H9F3O3Si.